The Morgan fingerprint density at radius 1 is 1.23 bits per heavy atom. The molecule has 0 spiro atoms. The van der Waals surface area contributed by atoms with Crippen LogP contribution in [0.3, 0.4) is 0 Å². The van der Waals surface area contributed by atoms with Crippen LogP contribution in [-0.4, -0.2) is 23.2 Å². The average molecular weight is 358 g/mol. The molecule has 0 aromatic heterocycles. The molecule has 8 heteroatoms. The van der Waals surface area contributed by atoms with Gasteiger partial charge in [0.2, 0.25) is 5.91 Å². The highest BCUT2D eigenvalue weighted by Gasteiger charge is 2.02. The number of hydrogen-bond donors (Lipinski definition) is 2. The van der Waals surface area contributed by atoms with Crippen molar-refractivity contribution in [3.8, 4) is 11.5 Å². The third-order valence-electron chi connectivity index (χ3n) is 3.46. The summed E-state index contributed by atoms with van der Waals surface area (Å²) in [6, 6.07) is 11.7. The fraction of sp³-hybridized carbons (Fsp3) is 0.167. The lowest BCUT2D eigenvalue weighted by Gasteiger charge is -2.05. The van der Waals surface area contributed by atoms with E-state index >= 15 is 0 Å². The predicted molar refractivity (Wildman–Crippen MR) is 93.8 cm³/mol. The van der Waals surface area contributed by atoms with Crippen molar-refractivity contribution in [3.63, 3.8) is 0 Å². The molecule has 136 valence electrons. The van der Waals surface area contributed by atoms with Gasteiger partial charge in [-0.3, -0.25) is 4.79 Å². The highest BCUT2D eigenvalue weighted by molar-refractivity contribution is 5.91. The summed E-state index contributed by atoms with van der Waals surface area (Å²) in [6.07, 6.45) is 2.99. The molecule has 0 aliphatic heterocycles. The summed E-state index contributed by atoms with van der Waals surface area (Å²) in [7, 11) is 1.45. The summed E-state index contributed by atoms with van der Waals surface area (Å²) in [6.45, 7) is 0.205. The highest BCUT2D eigenvalue weighted by atomic mass is 16.9. The summed E-state index contributed by atoms with van der Waals surface area (Å²) >= 11 is 0. The van der Waals surface area contributed by atoms with Gasteiger partial charge in [0.1, 0.15) is 6.61 Å². The maximum Gasteiger partial charge on any atom is 0.294 e. The van der Waals surface area contributed by atoms with Gasteiger partial charge in [-0.15, -0.1) is 10.1 Å². The van der Waals surface area contributed by atoms with E-state index in [1.165, 1.54) is 19.3 Å². The Balaban J connectivity index is 1.85. The van der Waals surface area contributed by atoms with Crippen LogP contribution in [0.15, 0.2) is 48.5 Å². The van der Waals surface area contributed by atoms with Crippen LogP contribution in [0.2, 0.25) is 0 Å². The molecule has 0 unspecified atom stereocenters. The fourth-order valence-corrected chi connectivity index (χ4v) is 2.10. The maximum atomic E-state index is 11.9. The minimum Gasteiger partial charge on any atom is -0.504 e. The van der Waals surface area contributed by atoms with Crippen molar-refractivity contribution in [1.82, 2.24) is 5.32 Å². The van der Waals surface area contributed by atoms with Crippen LogP contribution in [0.5, 0.6) is 11.5 Å². The van der Waals surface area contributed by atoms with E-state index < -0.39 is 5.09 Å². The molecule has 0 aliphatic carbocycles. The van der Waals surface area contributed by atoms with Crippen LogP contribution in [0.4, 0.5) is 0 Å². The van der Waals surface area contributed by atoms with Gasteiger partial charge in [-0.05, 0) is 34.9 Å². The van der Waals surface area contributed by atoms with Crippen molar-refractivity contribution in [3.05, 3.63) is 75.3 Å². The second-order valence-corrected chi connectivity index (χ2v) is 5.30. The van der Waals surface area contributed by atoms with Crippen molar-refractivity contribution in [2.24, 2.45) is 0 Å². The number of nitrogens with zero attached hydrogens (tertiary/aromatic N) is 1. The van der Waals surface area contributed by atoms with Gasteiger partial charge in [0.05, 0.1) is 7.11 Å². The van der Waals surface area contributed by atoms with Crippen LogP contribution in [0.25, 0.3) is 6.08 Å². The second-order valence-electron chi connectivity index (χ2n) is 5.30. The predicted octanol–water partition coefficient (Wildman–Crippen LogP) is 2.44. The van der Waals surface area contributed by atoms with E-state index in [-0.39, 0.29) is 18.3 Å². The highest BCUT2D eigenvalue weighted by Crippen LogP contribution is 2.26. The molecular weight excluding hydrogens is 340 g/mol. The zero-order valence-electron chi connectivity index (χ0n) is 14.0. The second kappa shape index (κ2) is 9.07. The number of carbonyl (C=O) groups excluding carboxylic acids is 1. The molecule has 8 nitrogen and oxygen atoms in total. The first-order valence-electron chi connectivity index (χ1n) is 7.66. The molecule has 2 aromatic rings. The first-order chi connectivity index (χ1) is 12.5. The van der Waals surface area contributed by atoms with E-state index in [0.717, 1.165) is 5.56 Å². The molecular formula is C18H18N2O6. The standard InChI is InChI=1S/C18H18N2O6/c1-25-17-10-13(6-8-16(17)21)7-9-18(22)19-11-14-2-4-15(5-3-14)12-26-20(23)24/h2-10,21H,11-12H2,1H3,(H,19,22). The van der Waals surface area contributed by atoms with Crippen molar-refractivity contribution in [2.75, 3.05) is 7.11 Å². The number of phenols is 1. The van der Waals surface area contributed by atoms with Crippen molar-refractivity contribution >= 4 is 12.0 Å². The quantitative estimate of drug-likeness (QED) is 0.426. The van der Waals surface area contributed by atoms with Gasteiger partial charge >= 0.3 is 0 Å². The number of nitrogens with one attached hydrogen (secondary N) is 1. The van der Waals surface area contributed by atoms with E-state index in [0.29, 0.717) is 23.4 Å². The summed E-state index contributed by atoms with van der Waals surface area (Å²) in [5.74, 6) is 0.0765. The Morgan fingerprint density at radius 2 is 1.92 bits per heavy atom. The van der Waals surface area contributed by atoms with Gasteiger partial charge in [0.25, 0.3) is 5.09 Å². The van der Waals surface area contributed by atoms with Gasteiger partial charge in [0.15, 0.2) is 11.5 Å². The Morgan fingerprint density at radius 3 is 2.58 bits per heavy atom. The Labute approximate surface area is 149 Å². The van der Waals surface area contributed by atoms with Crippen LogP contribution in [0, 0.1) is 10.1 Å². The van der Waals surface area contributed by atoms with E-state index in [9.17, 15) is 20.0 Å². The number of hydrogen-bond acceptors (Lipinski definition) is 6. The lowest BCUT2D eigenvalue weighted by Crippen LogP contribution is -2.20. The topological polar surface area (TPSA) is 111 Å². The molecule has 0 bridgehead atoms. The van der Waals surface area contributed by atoms with Gasteiger partial charge < -0.3 is 20.0 Å². The average Bonchev–Trinajstić information content (AvgIpc) is 2.64. The minimum atomic E-state index is -0.843. The number of carbonyl (C=O) groups is 1. The molecule has 0 fully saturated rings. The molecule has 0 heterocycles. The van der Waals surface area contributed by atoms with E-state index in [1.807, 2.05) is 0 Å². The Kier molecular flexibility index (Phi) is 6.55. The monoisotopic (exact) mass is 358 g/mol. The smallest absolute Gasteiger partial charge is 0.294 e. The summed E-state index contributed by atoms with van der Waals surface area (Å²) < 4.78 is 5.01. The fourth-order valence-electron chi connectivity index (χ4n) is 2.10. The van der Waals surface area contributed by atoms with E-state index in [2.05, 4.69) is 10.2 Å². The number of benzene rings is 2. The third-order valence-corrected chi connectivity index (χ3v) is 3.46. The number of phenolic OH excluding ortho intramolecular Hbond substituents is 1. The van der Waals surface area contributed by atoms with Gasteiger partial charge in [-0.1, -0.05) is 30.3 Å². The van der Waals surface area contributed by atoms with Gasteiger partial charge in [0, 0.05) is 12.6 Å². The molecule has 0 saturated carbocycles. The minimum absolute atomic E-state index is 0.0289. The van der Waals surface area contributed by atoms with Crippen molar-refractivity contribution < 1.29 is 24.6 Å². The SMILES string of the molecule is COc1cc(C=CC(=O)NCc2ccc(CO[N+](=O)[O-])cc2)ccc1O. The molecule has 2 rings (SSSR count). The number of rotatable bonds is 8. The summed E-state index contributed by atoms with van der Waals surface area (Å²) in [5, 5.41) is 21.6. The number of methoxy groups -OCH3 is 1. The third kappa shape index (κ3) is 5.82. The maximum absolute atomic E-state index is 11.9. The molecule has 0 radical (unpaired) electrons. The molecule has 0 atom stereocenters. The van der Waals surface area contributed by atoms with E-state index in [1.54, 1.807) is 42.5 Å². The zero-order chi connectivity index (χ0) is 18.9. The van der Waals surface area contributed by atoms with Gasteiger partial charge in [-0.2, -0.15) is 0 Å². The molecule has 0 aliphatic rings. The van der Waals surface area contributed by atoms with Crippen LogP contribution < -0.4 is 10.1 Å². The first kappa shape index (κ1) is 18.8. The number of amides is 1. The molecule has 26 heavy (non-hydrogen) atoms. The lowest BCUT2D eigenvalue weighted by atomic mass is 10.1. The number of ether oxygens (including phenoxy) is 1. The zero-order valence-corrected chi connectivity index (χ0v) is 14.0. The summed E-state index contributed by atoms with van der Waals surface area (Å²) in [5.41, 5.74) is 2.23. The normalized spacial score (nSPS) is 10.5. The van der Waals surface area contributed by atoms with Crippen molar-refractivity contribution in [2.45, 2.75) is 13.2 Å². The molecule has 0 saturated heterocycles. The van der Waals surface area contributed by atoms with Crippen LogP contribution in [0.1, 0.15) is 16.7 Å². The Bertz CT molecular complexity index is 802. The van der Waals surface area contributed by atoms with Crippen LogP contribution >= 0.6 is 0 Å². The van der Waals surface area contributed by atoms with Gasteiger partial charge in [-0.25, -0.2) is 0 Å². The summed E-state index contributed by atoms with van der Waals surface area (Å²) in [4.78, 5) is 26.3. The number of aromatic hydroxyl groups is 1. The lowest BCUT2D eigenvalue weighted by molar-refractivity contribution is -0.763. The molecule has 1 amide bonds. The van der Waals surface area contributed by atoms with E-state index in [4.69, 9.17) is 4.74 Å². The molecule has 2 N–H and O–H groups in total. The van der Waals surface area contributed by atoms with Crippen molar-refractivity contribution in [1.29, 1.82) is 0 Å². The first-order valence-corrected chi connectivity index (χ1v) is 7.66. The molecule has 2 aromatic carbocycles. The largest absolute Gasteiger partial charge is 0.504 e. The Hall–Kier alpha value is -3.55. The van der Waals surface area contributed by atoms with Crippen LogP contribution in [-0.2, 0) is 22.8 Å².